The van der Waals surface area contributed by atoms with E-state index in [0.29, 0.717) is 25.3 Å². The lowest BCUT2D eigenvalue weighted by molar-refractivity contribution is -0.384. The van der Waals surface area contributed by atoms with Crippen LogP contribution in [0.25, 0.3) is 0 Å². The molecule has 0 saturated heterocycles. The summed E-state index contributed by atoms with van der Waals surface area (Å²) in [6, 6.07) is 6.39. The van der Waals surface area contributed by atoms with Gasteiger partial charge in [0.2, 0.25) is 5.91 Å². The first kappa shape index (κ1) is 18.4. The zero-order valence-electron chi connectivity index (χ0n) is 12.6. The molecule has 0 radical (unpaired) electrons. The Kier molecular flexibility index (Phi) is 6.32. The van der Waals surface area contributed by atoms with Crippen LogP contribution in [0.1, 0.15) is 31.7 Å². The molecule has 1 unspecified atom stereocenters. The lowest BCUT2D eigenvalue weighted by atomic mass is 9.95. The number of hydrogen-bond acceptors (Lipinski definition) is 4. The number of non-ortho nitro benzene ring substituents is 1. The Balaban J connectivity index is 0.00000242. The molecular formula is C15H22ClN3O3. The van der Waals surface area contributed by atoms with Crippen molar-refractivity contribution in [3.05, 3.63) is 39.9 Å². The van der Waals surface area contributed by atoms with Crippen LogP contribution in [-0.4, -0.2) is 22.9 Å². The van der Waals surface area contributed by atoms with Crippen molar-refractivity contribution in [2.45, 2.75) is 38.1 Å². The molecule has 0 heterocycles. The summed E-state index contributed by atoms with van der Waals surface area (Å²) < 4.78 is 0. The molecule has 7 heteroatoms. The molecule has 0 aromatic heterocycles. The highest BCUT2D eigenvalue weighted by molar-refractivity contribution is 5.85. The van der Waals surface area contributed by atoms with Gasteiger partial charge in [0.15, 0.2) is 0 Å². The van der Waals surface area contributed by atoms with Gasteiger partial charge in [-0.15, -0.1) is 12.4 Å². The number of hydrogen-bond donors (Lipinski definition) is 2. The summed E-state index contributed by atoms with van der Waals surface area (Å²) in [7, 11) is 0. The zero-order chi connectivity index (χ0) is 15.5. The number of halogens is 1. The molecule has 2 rings (SSSR count). The van der Waals surface area contributed by atoms with Crippen LogP contribution < -0.4 is 11.1 Å². The van der Waals surface area contributed by atoms with E-state index in [0.717, 1.165) is 18.4 Å². The Labute approximate surface area is 136 Å². The maximum absolute atomic E-state index is 12.0. The van der Waals surface area contributed by atoms with Crippen LogP contribution in [0, 0.1) is 16.0 Å². The number of benzene rings is 1. The molecule has 1 fully saturated rings. The van der Waals surface area contributed by atoms with Crippen LogP contribution in [0.15, 0.2) is 24.3 Å². The summed E-state index contributed by atoms with van der Waals surface area (Å²) in [5, 5.41) is 13.7. The third-order valence-corrected chi connectivity index (χ3v) is 4.09. The monoisotopic (exact) mass is 327 g/mol. The second-order valence-corrected chi connectivity index (χ2v) is 5.87. The summed E-state index contributed by atoms with van der Waals surface area (Å²) in [4.78, 5) is 22.3. The first-order valence-electron chi connectivity index (χ1n) is 7.19. The van der Waals surface area contributed by atoms with Gasteiger partial charge >= 0.3 is 0 Å². The molecule has 0 bridgehead atoms. The number of nitrogens with one attached hydrogen (secondary N) is 1. The fourth-order valence-corrected chi connectivity index (χ4v) is 2.50. The molecule has 1 amide bonds. The number of rotatable bonds is 7. The standard InChI is InChI=1S/C15H21N3O3.ClH/c1-15(10-16,12-6-7-12)17-14(19)8-5-11-3-2-4-13(9-11)18(20)21;/h2-4,9,12H,5-8,10,16H2,1H3,(H,17,19);1H. The maximum Gasteiger partial charge on any atom is 0.269 e. The van der Waals surface area contributed by atoms with Crippen LogP contribution >= 0.6 is 12.4 Å². The van der Waals surface area contributed by atoms with E-state index in [9.17, 15) is 14.9 Å². The number of nitrogens with two attached hydrogens (primary N) is 1. The number of carbonyl (C=O) groups excluding carboxylic acids is 1. The third kappa shape index (κ3) is 4.68. The van der Waals surface area contributed by atoms with E-state index >= 15 is 0 Å². The van der Waals surface area contributed by atoms with Gasteiger partial charge in [-0.1, -0.05) is 12.1 Å². The normalized spacial score (nSPS) is 16.3. The molecule has 1 atom stereocenters. The van der Waals surface area contributed by atoms with E-state index < -0.39 is 4.92 Å². The molecule has 3 N–H and O–H groups in total. The second kappa shape index (κ2) is 7.56. The van der Waals surface area contributed by atoms with Gasteiger partial charge in [0, 0.05) is 25.1 Å². The number of nitrogens with zero attached hydrogens (tertiary/aromatic N) is 1. The quantitative estimate of drug-likeness (QED) is 0.592. The van der Waals surface area contributed by atoms with Gasteiger partial charge in [-0.3, -0.25) is 14.9 Å². The predicted molar refractivity (Wildman–Crippen MR) is 87.0 cm³/mol. The van der Waals surface area contributed by atoms with Crippen molar-refractivity contribution in [2.75, 3.05) is 6.54 Å². The van der Waals surface area contributed by atoms with E-state index in [2.05, 4.69) is 5.32 Å². The van der Waals surface area contributed by atoms with Crippen molar-refractivity contribution >= 4 is 24.0 Å². The molecule has 1 aromatic rings. The number of nitro benzene ring substituents is 1. The molecule has 0 aliphatic heterocycles. The van der Waals surface area contributed by atoms with Crippen LogP contribution in [-0.2, 0) is 11.2 Å². The summed E-state index contributed by atoms with van der Waals surface area (Å²) in [5.41, 5.74) is 6.29. The van der Waals surface area contributed by atoms with Gasteiger partial charge in [0.1, 0.15) is 0 Å². The fraction of sp³-hybridized carbons (Fsp3) is 0.533. The first-order chi connectivity index (χ1) is 9.94. The topological polar surface area (TPSA) is 98.3 Å². The Morgan fingerprint density at radius 1 is 1.50 bits per heavy atom. The van der Waals surface area contributed by atoms with Crippen LogP contribution in [0.4, 0.5) is 5.69 Å². The molecule has 1 aliphatic carbocycles. The molecular weight excluding hydrogens is 306 g/mol. The second-order valence-electron chi connectivity index (χ2n) is 5.87. The summed E-state index contributed by atoms with van der Waals surface area (Å²) in [5.74, 6) is 0.422. The highest BCUT2D eigenvalue weighted by Gasteiger charge is 2.41. The van der Waals surface area contributed by atoms with Crippen molar-refractivity contribution in [1.29, 1.82) is 0 Å². The van der Waals surface area contributed by atoms with Crippen LogP contribution in [0.2, 0.25) is 0 Å². The van der Waals surface area contributed by atoms with Crippen molar-refractivity contribution in [2.24, 2.45) is 11.7 Å². The first-order valence-corrected chi connectivity index (χ1v) is 7.19. The highest BCUT2D eigenvalue weighted by atomic mass is 35.5. The Morgan fingerprint density at radius 2 is 2.18 bits per heavy atom. The lowest BCUT2D eigenvalue weighted by Crippen LogP contribution is -2.53. The molecule has 1 saturated carbocycles. The van der Waals surface area contributed by atoms with E-state index in [1.54, 1.807) is 12.1 Å². The largest absolute Gasteiger partial charge is 0.349 e. The van der Waals surface area contributed by atoms with Crippen molar-refractivity contribution < 1.29 is 9.72 Å². The number of aryl methyl sites for hydroxylation is 1. The average molecular weight is 328 g/mol. The Morgan fingerprint density at radius 3 is 2.73 bits per heavy atom. The van der Waals surface area contributed by atoms with Gasteiger partial charge in [-0.25, -0.2) is 0 Å². The van der Waals surface area contributed by atoms with E-state index in [-0.39, 0.29) is 29.5 Å². The van der Waals surface area contributed by atoms with Crippen LogP contribution in [0.5, 0.6) is 0 Å². The van der Waals surface area contributed by atoms with Gasteiger partial charge in [0.05, 0.1) is 10.5 Å². The van der Waals surface area contributed by atoms with E-state index in [1.165, 1.54) is 12.1 Å². The van der Waals surface area contributed by atoms with Gasteiger partial charge < -0.3 is 11.1 Å². The zero-order valence-corrected chi connectivity index (χ0v) is 13.4. The van der Waals surface area contributed by atoms with E-state index in [4.69, 9.17) is 5.73 Å². The Hall–Kier alpha value is -1.66. The average Bonchev–Trinajstić information content (AvgIpc) is 3.30. The maximum atomic E-state index is 12.0. The van der Waals surface area contributed by atoms with E-state index in [1.807, 2.05) is 6.92 Å². The summed E-state index contributed by atoms with van der Waals surface area (Å²) in [6.07, 6.45) is 3.01. The third-order valence-electron chi connectivity index (χ3n) is 4.09. The van der Waals surface area contributed by atoms with Crippen LogP contribution in [0.3, 0.4) is 0 Å². The number of carbonyl (C=O) groups is 1. The molecule has 1 aromatic carbocycles. The molecule has 22 heavy (non-hydrogen) atoms. The van der Waals surface area contributed by atoms with Gasteiger partial charge in [-0.05, 0) is 37.7 Å². The molecule has 1 aliphatic rings. The van der Waals surface area contributed by atoms with Gasteiger partial charge in [0.25, 0.3) is 5.69 Å². The molecule has 0 spiro atoms. The number of nitro groups is 1. The minimum Gasteiger partial charge on any atom is -0.349 e. The fourth-order valence-electron chi connectivity index (χ4n) is 2.50. The molecule has 122 valence electrons. The minimum absolute atomic E-state index is 0. The molecule has 6 nitrogen and oxygen atoms in total. The van der Waals surface area contributed by atoms with Gasteiger partial charge in [-0.2, -0.15) is 0 Å². The lowest BCUT2D eigenvalue weighted by Gasteiger charge is -2.29. The van der Waals surface area contributed by atoms with Crippen molar-refractivity contribution in [1.82, 2.24) is 5.32 Å². The SMILES string of the molecule is CC(CN)(NC(=O)CCc1cccc([N+](=O)[O-])c1)C1CC1.Cl. The smallest absolute Gasteiger partial charge is 0.269 e. The Bertz CT molecular complexity index is 549. The van der Waals surface area contributed by atoms with Crippen molar-refractivity contribution in [3.63, 3.8) is 0 Å². The minimum atomic E-state index is -0.428. The number of amides is 1. The predicted octanol–water partition coefficient (Wildman–Crippen LogP) is 2.19. The highest BCUT2D eigenvalue weighted by Crippen LogP contribution is 2.39. The summed E-state index contributed by atoms with van der Waals surface area (Å²) in [6.45, 7) is 2.41. The van der Waals surface area contributed by atoms with Crippen molar-refractivity contribution in [3.8, 4) is 0 Å². The summed E-state index contributed by atoms with van der Waals surface area (Å²) >= 11 is 0.